The van der Waals surface area contributed by atoms with Gasteiger partial charge in [0.1, 0.15) is 18.5 Å². The topological polar surface area (TPSA) is 36.9 Å². The van der Waals surface area contributed by atoms with Gasteiger partial charge in [0.05, 0.1) is 19.3 Å². The molecule has 0 amide bonds. The van der Waals surface area contributed by atoms with Crippen LogP contribution in [0.25, 0.3) is 0 Å². The summed E-state index contributed by atoms with van der Waals surface area (Å²) in [6, 6.07) is 31.9. The molecule has 0 bridgehead atoms. The van der Waals surface area contributed by atoms with E-state index in [4.69, 9.17) is 18.3 Å². The molecule has 1 heterocycles. The fourth-order valence-electron chi connectivity index (χ4n) is 5.67. The monoisotopic (exact) mass is 616 g/mol. The third kappa shape index (κ3) is 7.79. The van der Waals surface area contributed by atoms with Gasteiger partial charge in [-0.15, -0.1) is 0 Å². The van der Waals surface area contributed by atoms with Crippen molar-refractivity contribution >= 4 is 27.0 Å². The molecule has 0 saturated heterocycles. The Bertz CT molecular complexity index is 1290. The normalized spacial score (nSPS) is 18.4. The maximum atomic E-state index is 7.32. The molecule has 0 aromatic heterocycles. The van der Waals surface area contributed by atoms with E-state index in [0.29, 0.717) is 19.8 Å². The van der Waals surface area contributed by atoms with Crippen LogP contribution in [0.5, 0.6) is 0 Å². The Morgan fingerprint density at radius 1 is 0.721 bits per heavy atom. The molecule has 4 rings (SSSR count). The molecule has 3 aromatic rings. The molecule has 0 unspecified atom stereocenters. The second kappa shape index (κ2) is 13.7. The average Bonchev–Trinajstić information content (AvgIpc) is 2.96. The zero-order valence-electron chi connectivity index (χ0n) is 27.8. The molecule has 232 valence electrons. The Labute approximate surface area is 262 Å². The summed E-state index contributed by atoms with van der Waals surface area (Å²) in [4.78, 5) is 0. The molecular weight excluding hydrogens is 565 g/mol. The van der Waals surface area contributed by atoms with E-state index < -0.39 is 16.6 Å². The van der Waals surface area contributed by atoms with Crippen LogP contribution < -0.4 is 10.4 Å². The average molecular weight is 617 g/mol. The van der Waals surface area contributed by atoms with E-state index in [1.165, 1.54) is 10.4 Å². The number of benzene rings is 3. The van der Waals surface area contributed by atoms with Crippen molar-refractivity contribution < 1.29 is 18.3 Å². The summed E-state index contributed by atoms with van der Waals surface area (Å²) < 4.78 is 27.3. The summed E-state index contributed by atoms with van der Waals surface area (Å²) in [6.07, 6.45) is 0.590. The number of hydrogen-bond donors (Lipinski definition) is 0. The molecule has 4 nitrogen and oxygen atoms in total. The van der Waals surface area contributed by atoms with Crippen molar-refractivity contribution in [1.82, 2.24) is 0 Å². The molecule has 1 aliphatic rings. The molecule has 0 saturated carbocycles. The van der Waals surface area contributed by atoms with Crippen molar-refractivity contribution in [2.24, 2.45) is 0 Å². The van der Waals surface area contributed by atoms with Gasteiger partial charge in [0, 0.05) is 6.42 Å². The molecule has 2 atom stereocenters. The summed E-state index contributed by atoms with van der Waals surface area (Å²) in [7, 11) is -4.73. The fourth-order valence-corrected chi connectivity index (χ4v) is 11.6. The predicted octanol–water partition coefficient (Wildman–Crippen LogP) is 8.23. The highest BCUT2D eigenvalue weighted by Gasteiger charge is 2.51. The Kier molecular flexibility index (Phi) is 10.6. The first kappa shape index (κ1) is 33.4. The maximum absolute atomic E-state index is 7.32. The van der Waals surface area contributed by atoms with Crippen LogP contribution in [0.3, 0.4) is 0 Å². The summed E-state index contributed by atoms with van der Waals surface area (Å²) >= 11 is 0. The highest BCUT2D eigenvalue weighted by molar-refractivity contribution is 6.99. The van der Waals surface area contributed by atoms with E-state index in [2.05, 4.69) is 134 Å². The Balaban J connectivity index is 1.64. The molecule has 6 heteroatoms. The van der Waals surface area contributed by atoms with Gasteiger partial charge in [-0.3, -0.25) is 0 Å². The summed E-state index contributed by atoms with van der Waals surface area (Å²) in [5.74, 6) is 0.877. The lowest BCUT2D eigenvalue weighted by atomic mass is 10.0. The quantitative estimate of drug-likeness (QED) is 0.203. The van der Waals surface area contributed by atoms with E-state index >= 15 is 0 Å². The number of ether oxygens (including phenoxy) is 2. The Hall–Kier alpha value is -2.49. The molecule has 0 spiro atoms. The van der Waals surface area contributed by atoms with Crippen molar-refractivity contribution in [3.63, 3.8) is 0 Å². The van der Waals surface area contributed by atoms with E-state index in [1.807, 2.05) is 18.2 Å². The van der Waals surface area contributed by atoms with E-state index in [1.54, 1.807) is 0 Å². The Morgan fingerprint density at radius 3 is 1.72 bits per heavy atom. The predicted molar refractivity (Wildman–Crippen MR) is 184 cm³/mol. The van der Waals surface area contributed by atoms with Gasteiger partial charge in [-0.25, -0.2) is 0 Å². The van der Waals surface area contributed by atoms with Crippen LogP contribution in [0.2, 0.25) is 23.2 Å². The lowest BCUT2D eigenvalue weighted by molar-refractivity contribution is -0.0141. The van der Waals surface area contributed by atoms with Crippen LogP contribution in [-0.2, 0) is 24.9 Å². The Morgan fingerprint density at radius 2 is 1.23 bits per heavy atom. The standard InChI is InChI=1S/C37H52O4Si2/c1-29-34(41-42(8,9)36(2,3)4)25-31(40-35(29)28-38-26-30-19-13-10-14-20-30)27-39-43(37(5,6)7,32-21-15-11-16-22-32)33-23-17-12-18-24-33/h10-24,31,34H,25-28H2,1-9H3/t31-,34-/m1/s1. The van der Waals surface area contributed by atoms with Gasteiger partial charge in [0.15, 0.2) is 8.32 Å². The lowest BCUT2D eigenvalue weighted by Gasteiger charge is -2.45. The number of rotatable bonds is 11. The molecule has 43 heavy (non-hydrogen) atoms. The minimum atomic E-state index is -2.70. The third-order valence-electron chi connectivity index (χ3n) is 9.20. The summed E-state index contributed by atoms with van der Waals surface area (Å²) in [6.45, 7) is 22.1. The van der Waals surface area contributed by atoms with Crippen LogP contribution in [0.1, 0.15) is 60.5 Å². The lowest BCUT2D eigenvalue weighted by Crippen LogP contribution is -2.67. The van der Waals surface area contributed by atoms with Crippen LogP contribution in [0.15, 0.2) is 102 Å². The first-order valence-corrected chi connectivity index (χ1v) is 20.5. The van der Waals surface area contributed by atoms with E-state index in [9.17, 15) is 0 Å². The second-order valence-corrected chi connectivity index (χ2v) is 23.5. The van der Waals surface area contributed by atoms with E-state index in [-0.39, 0.29) is 22.3 Å². The van der Waals surface area contributed by atoms with Gasteiger partial charge in [-0.2, -0.15) is 0 Å². The highest BCUT2D eigenvalue weighted by atomic mass is 28.4. The van der Waals surface area contributed by atoms with Gasteiger partial charge >= 0.3 is 0 Å². The van der Waals surface area contributed by atoms with Gasteiger partial charge < -0.3 is 18.3 Å². The minimum Gasteiger partial charge on any atom is -0.490 e. The smallest absolute Gasteiger partial charge is 0.261 e. The largest absolute Gasteiger partial charge is 0.490 e. The van der Waals surface area contributed by atoms with Crippen LogP contribution >= 0.6 is 0 Å². The molecule has 0 fully saturated rings. The van der Waals surface area contributed by atoms with Gasteiger partial charge in [0.25, 0.3) is 8.32 Å². The maximum Gasteiger partial charge on any atom is 0.261 e. The molecular formula is C37H52O4Si2. The van der Waals surface area contributed by atoms with Crippen LogP contribution in [-0.4, -0.2) is 42.1 Å². The van der Waals surface area contributed by atoms with Crippen LogP contribution in [0, 0.1) is 0 Å². The highest BCUT2D eigenvalue weighted by Crippen LogP contribution is 2.41. The van der Waals surface area contributed by atoms with Crippen molar-refractivity contribution in [2.45, 2.75) is 96.9 Å². The fraction of sp³-hybridized carbons (Fsp3) is 0.459. The zero-order chi connectivity index (χ0) is 31.3. The van der Waals surface area contributed by atoms with E-state index in [0.717, 1.165) is 23.3 Å². The van der Waals surface area contributed by atoms with Gasteiger partial charge in [-0.05, 0) is 51.6 Å². The van der Waals surface area contributed by atoms with Crippen molar-refractivity contribution in [3.8, 4) is 0 Å². The molecule has 0 N–H and O–H groups in total. The molecule has 0 radical (unpaired) electrons. The minimum absolute atomic E-state index is 0.0299. The molecule has 3 aromatic carbocycles. The summed E-state index contributed by atoms with van der Waals surface area (Å²) in [5.41, 5.74) is 2.29. The first-order valence-electron chi connectivity index (χ1n) is 15.7. The SMILES string of the molecule is CC1=C(COCc2ccccc2)O[C@@H](CO[Si](c2ccccc2)(c2ccccc2)C(C)(C)C)C[C@H]1O[Si](C)(C)C(C)(C)C. The van der Waals surface area contributed by atoms with Crippen molar-refractivity contribution in [2.75, 3.05) is 13.2 Å². The van der Waals surface area contributed by atoms with Crippen molar-refractivity contribution in [1.29, 1.82) is 0 Å². The third-order valence-corrected chi connectivity index (χ3v) is 18.7. The second-order valence-electron chi connectivity index (χ2n) is 14.4. The molecule has 0 aliphatic carbocycles. The zero-order valence-corrected chi connectivity index (χ0v) is 29.8. The molecule has 1 aliphatic heterocycles. The van der Waals surface area contributed by atoms with Crippen molar-refractivity contribution in [3.05, 3.63) is 108 Å². The van der Waals surface area contributed by atoms with Gasteiger partial charge in [0.2, 0.25) is 0 Å². The summed E-state index contributed by atoms with van der Waals surface area (Å²) in [5, 5.41) is 2.55. The van der Waals surface area contributed by atoms with Crippen LogP contribution in [0.4, 0.5) is 0 Å². The number of hydrogen-bond acceptors (Lipinski definition) is 4. The van der Waals surface area contributed by atoms with Gasteiger partial charge in [-0.1, -0.05) is 133 Å². The first-order chi connectivity index (χ1) is 20.2.